The molecule has 1 heterocycles. The van der Waals surface area contributed by atoms with Crippen LogP contribution in [0.1, 0.15) is 19.8 Å². The van der Waals surface area contributed by atoms with Gasteiger partial charge in [-0.05, 0) is 31.4 Å². The summed E-state index contributed by atoms with van der Waals surface area (Å²) in [6.45, 7) is 3.67. The first-order chi connectivity index (χ1) is 5.84. The van der Waals surface area contributed by atoms with E-state index in [-0.39, 0.29) is 6.10 Å². The van der Waals surface area contributed by atoms with E-state index < -0.39 is 0 Å². The van der Waals surface area contributed by atoms with Crippen LogP contribution in [0.2, 0.25) is 0 Å². The van der Waals surface area contributed by atoms with Crippen molar-refractivity contribution in [3.63, 3.8) is 0 Å². The summed E-state index contributed by atoms with van der Waals surface area (Å²) in [7, 11) is 0. The average molecular weight is 190 g/mol. The third kappa shape index (κ3) is 3.33. The smallest absolute Gasteiger partial charge is 0.0666 e. The predicted molar refractivity (Wildman–Crippen MR) is 52.5 cm³/mol. The molecule has 2 atom stereocenters. The molecular weight excluding hydrogens is 172 g/mol. The number of hydrogen-bond donors (Lipinski definition) is 1. The standard InChI is InChI=1S/C9H18O2S/c1-2-11-5-3-4-8-6-12-7-9(8)10/h8-10H,2-7H2,1H3. The number of aliphatic hydroxyl groups excluding tert-OH is 1. The van der Waals surface area contributed by atoms with E-state index >= 15 is 0 Å². The van der Waals surface area contributed by atoms with Crippen molar-refractivity contribution in [3.05, 3.63) is 0 Å². The zero-order valence-electron chi connectivity index (χ0n) is 7.66. The van der Waals surface area contributed by atoms with Crippen molar-refractivity contribution < 1.29 is 9.84 Å². The summed E-state index contributed by atoms with van der Waals surface area (Å²) in [5.41, 5.74) is 0. The molecule has 2 nitrogen and oxygen atoms in total. The van der Waals surface area contributed by atoms with E-state index in [2.05, 4.69) is 0 Å². The van der Waals surface area contributed by atoms with Gasteiger partial charge in [0.05, 0.1) is 6.10 Å². The molecule has 1 fully saturated rings. The molecule has 0 spiro atoms. The summed E-state index contributed by atoms with van der Waals surface area (Å²) in [5.74, 6) is 2.59. The summed E-state index contributed by atoms with van der Waals surface area (Å²) < 4.78 is 5.24. The van der Waals surface area contributed by atoms with Crippen LogP contribution >= 0.6 is 11.8 Å². The van der Waals surface area contributed by atoms with Crippen molar-refractivity contribution in [2.24, 2.45) is 5.92 Å². The van der Waals surface area contributed by atoms with Crippen LogP contribution in [0.3, 0.4) is 0 Å². The summed E-state index contributed by atoms with van der Waals surface area (Å²) in [6.07, 6.45) is 2.15. The molecule has 1 saturated heterocycles. The molecule has 2 unspecified atom stereocenters. The highest BCUT2D eigenvalue weighted by atomic mass is 32.2. The molecule has 0 amide bonds. The van der Waals surface area contributed by atoms with Gasteiger partial charge in [-0.25, -0.2) is 0 Å². The number of aliphatic hydroxyl groups is 1. The van der Waals surface area contributed by atoms with E-state index in [1.165, 1.54) is 0 Å². The van der Waals surface area contributed by atoms with Gasteiger partial charge in [-0.1, -0.05) is 0 Å². The lowest BCUT2D eigenvalue weighted by Gasteiger charge is -2.12. The molecule has 1 aliphatic rings. The predicted octanol–water partition coefficient (Wildman–Crippen LogP) is 1.53. The van der Waals surface area contributed by atoms with Crippen molar-refractivity contribution in [2.75, 3.05) is 24.7 Å². The quantitative estimate of drug-likeness (QED) is 0.667. The summed E-state index contributed by atoms with van der Waals surface area (Å²) in [5, 5.41) is 9.48. The third-order valence-electron chi connectivity index (χ3n) is 2.23. The molecule has 1 rings (SSSR count). The fraction of sp³-hybridized carbons (Fsp3) is 1.00. The van der Waals surface area contributed by atoms with E-state index in [9.17, 15) is 5.11 Å². The second kappa shape index (κ2) is 5.84. The normalized spacial score (nSPS) is 29.5. The largest absolute Gasteiger partial charge is 0.392 e. The molecule has 0 saturated carbocycles. The van der Waals surface area contributed by atoms with Crippen LogP contribution in [0, 0.1) is 5.92 Å². The lowest BCUT2D eigenvalue weighted by atomic mass is 10.0. The zero-order valence-corrected chi connectivity index (χ0v) is 8.48. The molecule has 0 radical (unpaired) electrons. The summed E-state index contributed by atoms with van der Waals surface area (Å²) in [6, 6.07) is 0. The topological polar surface area (TPSA) is 29.5 Å². The fourth-order valence-corrected chi connectivity index (χ4v) is 2.80. The number of hydrogen-bond acceptors (Lipinski definition) is 3. The van der Waals surface area contributed by atoms with Gasteiger partial charge in [-0.2, -0.15) is 11.8 Å². The van der Waals surface area contributed by atoms with Crippen molar-refractivity contribution in [1.82, 2.24) is 0 Å². The molecule has 0 aromatic carbocycles. The lowest BCUT2D eigenvalue weighted by Crippen LogP contribution is -2.18. The Kier molecular flexibility index (Phi) is 5.04. The highest BCUT2D eigenvalue weighted by Gasteiger charge is 2.24. The molecular formula is C9H18O2S. The van der Waals surface area contributed by atoms with Crippen LogP contribution in [0.5, 0.6) is 0 Å². The highest BCUT2D eigenvalue weighted by molar-refractivity contribution is 7.99. The van der Waals surface area contributed by atoms with Crippen LogP contribution in [0.25, 0.3) is 0 Å². The van der Waals surface area contributed by atoms with E-state index in [4.69, 9.17) is 4.74 Å². The molecule has 0 aromatic rings. The Morgan fingerprint density at radius 3 is 2.92 bits per heavy atom. The minimum Gasteiger partial charge on any atom is -0.392 e. The summed E-state index contributed by atoms with van der Waals surface area (Å²) >= 11 is 1.86. The van der Waals surface area contributed by atoms with Crippen LogP contribution in [-0.2, 0) is 4.74 Å². The average Bonchev–Trinajstić information content (AvgIpc) is 2.46. The van der Waals surface area contributed by atoms with Crippen LogP contribution < -0.4 is 0 Å². The molecule has 1 N–H and O–H groups in total. The Bertz CT molecular complexity index is 119. The minimum absolute atomic E-state index is 0.0587. The van der Waals surface area contributed by atoms with E-state index in [0.717, 1.165) is 37.6 Å². The monoisotopic (exact) mass is 190 g/mol. The van der Waals surface area contributed by atoms with Crippen LogP contribution in [0.4, 0.5) is 0 Å². The maximum absolute atomic E-state index is 9.48. The van der Waals surface area contributed by atoms with E-state index in [1.807, 2.05) is 18.7 Å². The second-order valence-corrected chi connectivity index (χ2v) is 4.28. The van der Waals surface area contributed by atoms with Gasteiger partial charge in [0.1, 0.15) is 0 Å². The van der Waals surface area contributed by atoms with Gasteiger partial charge in [0, 0.05) is 19.0 Å². The first kappa shape index (κ1) is 10.4. The van der Waals surface area contributed by atoms with Gasteiger partial charge in [-0.3, -0.25) is 0 Å². The molecule has 1 aliphatic heterocycles. The van der Waals surface area contributed by atoms with Gasteiger partial charge in [0.2, 0.25) is 0 Å². The Morgan fingerprint density at radius 2 is 2.33 bits per heavy atom. The Balaban J connectivity index is 1.98. The Hall–Kier alpha value is 0.270. The molecule has 12 heavy (non-hydrogen) atoms. The molecule has 72 valence electrons. The first-order valence-electron chi connectivity index (χ1n) is 4.68. The molecule has 0 bridgehead atoms. The van der Waals surface area contributed by atoms with Crippen molar-refractivity contribution in [2.45, 2.75) is 25.9 Å². The molecule has 0 aromatic heterocycles. The molecule has 0 aliphatic carbocycles. The first-order valence-corrected chi connectivity index (χ1v) is 5.83. The van der Waals surface area contributed by atoms with E-state index in [1.54, 1.807) is 0 Å². The maximum atomic E-state index is 9.48. The maximum Gasteiger partial charge on any atom is 0.0666 e. The molecule has 3 heteroatoms. The number of thioether (sulfide) groups is 1. The Morgan fingerprint density at radius 1 is 1.50 bits per heavy atom. The van der Waals surface area contributed by atoms with Gasteiger partial charge < -0.3 is 9.84 Å². The SMILES string of the molecule is CCOCCCC1CSCC1O. The van der Waals surface area contributed by atoms with Crippen LogP contribution in [0.15, 0.2) is 0 Å². The van der Waals surface area contributed by atoms with Gasteiger partial charge in [-0.15, -0.1) is 0 Å². The second-order valence-electron chi connectivity index (χ2n) is 3.20. The van der Waals surface area contributed by atoms with Crippen molar-refractivity contribution >= 4 is 11.8 Å². The third-order valence-corrected chi connectivity index (χ3v) is 3.47. The Labute approximate surface area is 78.7 Å². The fourth-order valence-electron chi connectivity index (χ4n) is 1.45. The highest BCUT2D eigenvalue weighted by Crippen LogP contribution is 2.27. The van der Waals surface area contributed by atoms with Gasteiger partial charge in [0.25, 0.3) is 0 Å². The zero-order chi connectivity index (χ0) is 8.81. The lowest BCUT2D eigenvalue weighted by molar-refractivity contribution is 0.116. The van der Waals surface area contributed by atoms with Crippen LogP contribution in [-0.4, -0.2) is 35.9 Å². The van der Waals surface area contributed by atoms with Crippen molar-refractivity contribution in [1.29, 1.82) is 0 Å². The number of ether oxygens (including phenoxy) is 1. The minimum atomic E-state index is -0.0587. The summed E-state index contributed by atoms with van der Waals surface area (Å²) in [4.78, 5) is 0. The van der Waals surface area contributed by atoms with Gasteiger partial charge in [0.15, 0.2) is 0 Å². The number of rotatable bonds is 5. The van der Waals surface area contributed by atoms with Crippen molar-refractivity contribution in [3.8, 4) is 0 Å². The van der Waals surface area contributed by atoms with Gasteiger partial charge >= 0.3 is 0 Å². The van der Waals surface area contributed by atoms with E-state index in [0.29, 0.717) is 5.92 Å².